The smallest absolute Gasteiger partial charge is 0.872 e. The molecule has 2 rings (SSSR count). The second-order valence-electron chi connectivity index (χ2n) is 4.99. The molecule has 0 amide bonds. The van der Waals surface area contributed by atoms with Gasteiger partial charge in [0.1, 0.15) is 4.90 Å². The molecule has 0 atom stereocenters. The maximum atomic E-state index is 12.3. The first-order valence-corrected chi connectivity index (χ1v) is 9.19. The summed E-state index contributed by atoms with van der Waals surface area (Å²) in [6.07, 6.45) is 0. The van der Waals surface area contributed by atoms with E-state index >= 15 is 0 Å². The van der Waals surface area contributed by atoms with Gasteiger partial charge in [-0.25, -0.2) is 13.1 Å². The topological polar surface area (TPSA) is 124 Å². The minimum Gasteiger partial charge on any atom is -0.872 e. The molecular formula is C13H14NNaO6S2. The summed E-state index contributed by atoms with van der Waals surface area (Å²) in [5.74, 6) is -0.646. The van der Waals surface area contributed by atoms with Crippen LogP contribution in [0.25, 0.3) is 10.8 Å². The molecule has 7 nitrogen and oxygen atoms in total. The standard InChI is InChI=1S/C13H15NO6S2.Na/c1-8(2)14-21(16,17)12-5-3-4-9-11(22(18,19)20)7-6-10(15)13(9)12;/h3-8,14-15H,1-2H3,(H,18,19,20);/q;+1/p-1. The van der Waals surface area contributed by atoms with Crippen molar-refractivity contribution in [1.29, 1.82) is 0 Å². The monoisotopic (exact) mass is 367 g/mol. The molecule has 0 aliphatic heterocycles. The third-order valence-corrected chi connectivity index (χ3v) is 5.50. The molecule has 0 bridgehead atoms. The number of benzene rings is 2. The summed E-state index contributed by atoms with van der Waals surface area (Å²) in [4.78, 5) is -0.835. The predicted octanol–water partition coefficient (Wildman–Crippen LogP) is -2.15. The Balaban J connectivity index is 0.00000264. The molecule has 0 aromatic heterocycles. The zero-order chi connectivity index (χ0) is 16.7. The molecule has 23 heavy (non-hydrogen) atoms. The van der Waals surface area contributed by atoms with Crippen LogP contribution in [-0.4, -0.2) is 27.4 Å². The Morgan fingerprint density at radius 2 is 1.65 bits per heavy atom. The van der Waals surface area contributed by atoms with Crippen LogP contribution in [-0.2, 0) is 20.1 Å². The predicted molar refractivity (Wildman–Crippen MR) is 78.7 cm³/mol. The van der Waals surface area contributed by atoms with Gasteiger partial charge in [-0.05, 0) is 31.4 Å². The molecule has 0 saturated carbocycles. The average Bonchev–Trinajstić information content (AvgIpc) is 2.35. The summed E-state index contributed by atoms with van der Waals surface area (Å²) in [5, 5.41) is 11.6. The average molecular weight is 367 g/mol. The summed E-state index contributed by atoms with van der Waals surface area (Å²) in [6, 6.07) is 5.26. The van der Waals surface area contributed by atoms with E-state index in [1.54, 1.807) is 13.8 Å². The molecule has 2 N–H and O–H groups in total. The maximum absolute atomic E-state index is 12.3. The third-order valence-electron chi connectivity index (χ3n) is 2.88. The van der Waals surface area contributed by atoms with Gasteiger partial charge in [0, 0.05) is 11.4 Å². The number of sulfonamides is 1. The molecule has 10 heteroatoms. The van der Waals surface area contributed by atoms with Crippen molar-refractivity contribution >= 4 is 30.9 Å². The molecule has 0 aliphatic carbocycles. The molecule has 2 aromatic rings. The van der Waals surface area contributed by atoms with Crippen molar-refractivity contribution in [2.24, 2.45) is 0 Å². The van der Waals surface area contributed by atoms with E-state index in [-0.39, 0.29) is 45.2 Å². The molecule has 0 heterocycles. The first kappa shape index (κ1) is 20.4. The van der Waals surface area contributed by atoms with E-state index in [0.29, 0.717) is 0 Å². The van der Waals surface area contributed by atoms with Crippen molar-refractivity contribution in [2.45, 2.75) is 29.7 Å². The van der Waals surface area contributed by atoms with Gasteiger partial charge < -0.3 is 5.11 Å². The number of hydrogen-bond donors (Lipinski definition) is 2. The summed E-state index contributed by atoms with van der Waals surface area (Å²) in [6.45, 7) is 3.23. The SMILES string of the molecule is CC(C)NS(=O)(=O)c1cccc2c(S(=O)(=O)O)ccc([O-])c12.[Na+]. The van der Waals surface area contributed by atoms with E-state index in [0.717, 1.165) is 12.1 Å². The van der Waals surface area contributed by atoms with Gasteiger partial charge in [0.25, 0.3) is 10.1 Å². The normalized spacial score (nSPS) is 12.3. The van der Waals surface area contributed by atoms with Crippen molar-refractivity contribution in [3.63, 3.8) is 0 Å². The quantitative estimate of drug-likeness (QED) is 0.469. The van der Waals surface area contributed by atoms with Crippen LogP contribution in [0, 0.1) is 0 Å². The largest absolute Gasteiger partial charge is 1.00 e. The Hall–Kier alpha value is -0.680. The van der Waals surface area contributed by atoms with E-state index in [2.05, 4.69) is 4.72 Å². The minimum atomic E-state index is -4.59. The van der Waals surface area contributed by atoms with Gasteiger partial charge in [-0.15, -0.1) is 0 Å². The Morgan fingerprint density at radius 3 is 2.17 bits per heavy atom. The van der Waals surface area contributed by atoms with Crippen LogP contribution < -0.4 is 39.4 Å². The minimum absolute atomic E-state index is 0. The molecular weight excluding hydrogens is 353 g/mol. The first-order chi connectivity index (χ1) is 10.0. The van der Waals surface area contributed by atoms with Crippen molar-refractivity contribution < 1.29 is 56.1 Å². The van der Waals surface area contributed by atoms with Crippen molar-refractivity contribution in [2.75, 3.05) is 0 Å². The van der Waals surface area contributed by atoms with E-state index in [1.165, 1.54) is 18.2 Å². The summed E-state index contributed by atoms with van der Waals surface area (Å²) < 4.78 is 58.9. The van der Waals surface area contributed by atoms with Gasteiger partial charge >= 0.3 is 29.6 Å². The Kier molecular flexibility index (Phi) is 6.25. The summed E-state index contributed by atoms with van der Waals surface area (Å²) in [7, 11) is -8.58. The fraction of sp³-hybridized carbons (Fsp3) is 0.231. The van der Waals surface area contributed by atoms with Crippen LogP contribution in [0.5, 0.6) is 5.75 Å². The zero-order valence-electron chi connectivity index (χ0n) is 12.8. The molecule has 0 fully saturated rings. The van der Waals surface area contributed by atoms with E-state index in [1.807, 2.05) is 0 Å². The Bertz CT molecular complexity index is 938. The van der Waals surface area contributed by atoms with Gasteiger partial charge in [-0.3, -0.25) is 4.55 Å². The summed E-state index contributed by atoms with van der Waals surface area (Å²) >= 11 is 0. The van der Waals surface area contributed by atoms with Gasteiger partial charge in [0.15, 0.2) is 0 Å². The molecule has 2 aromatic carbocycles. The second-order valence-corrected chi connectivity index (χ2v) is 8.06. The Morgan fingerprint density at radius 1 is 1.04 bits per heavy atom. The second kappa shape index (κ2) is 7.06. The zero-order valence-corrected chi connectivity index (χ0v) is 16.4. The number of hydrogen-bond acceptors (Lipinski definition) is 5. The van der Waals surface area contributed by atoms with Crippen molar-refractivity contribution in [1.82, 2.24) is 4.72 Å². The van der Waals surface area contributed by atoms with Gasteiger partial charge in [0.2, 0.25) is 10.0 Å². The van der Waals surface area contributed by atoms with Gasteiger partial charge in [-0.2, -0.15) is 8.42 Å². The fourth-order valence-corrected chi connectivity index (χ4v) is 4.31. The molecule has 0 saturated heterocycles. The third kappa shape index (κ3) is 4.24. The van der Waals surface area contributed by atoms with E-state index in [4.69, 9.17) is 0 Å². The van der Waals surface area contributed by atoms with Crippen LogP contribution in [0.15, 0.2) is 40.1 Å². The van der Waals surface area contributed by atoms with Gasteiger partial charge in [0.05, 0.1) is 4.90 Å². The van der Waals surface area contributed by atoms with Crippen molar-refractivity contribution in [3.8, 4) is 5.75 Å². The van der Waals surface area contributed by atoms with Crippen LogP contribution in [0.4, 0.5) is 0 Å². The van der Waals surface area contributed by atoms with Crippen LogP contribution >= 0.6 is 0 Å². The van der Waals surface area contributed by atoms with Crippen LogP contribution in [0.2, 0.25) is 0 Å². The fourth-order valence-electron chi connectivity index (χ4n) is 2.14. The van der Waals surface area contributed by atoms with Gasteiger partial charge in [-0.1, -0.05) is 23.9 Å². The number of rotatable bonds is 4. The molecule has 0 spiro atoms. The molecule has 120 valence electrons. The van der Waals surface area contributed by atoms with E-state index in [9.17, 15) is 26.5 Å². The Labute approximate surface area is 156 Å². The number of nitrogens with one attached hydrogen (secondary N) is 1. The van der Waals surface area contributed by atoms with E-state index < -0.39 is 36.8 Å². The van der Waals surface area contributed by atoms with Crippen molar-refractivity contribution in [3.05, 3.63) is 30.3 Å². The maximum Gasteiger partial charge on any atom is 1.00 e. The first-order valence-electron chi connectivity index (χ1n) is 6.26. The summed E-state index contributed by atoms with van der Waals surface area (Å²) in [5.41, 5.74) is 0. The van der Waals surface area contributed by atoms with Crippen LogP contribution in [0.3, 0.4) is 0 Å². The van der Waals surface area contributed by atoms with Crippen LogP contribution in [0.1, 0.15) is 13.8 Å². The molecule has 0 aliphatic rings. The molecule has 0 unspecified atom stereocenters. The molecule has 0 radical (unpaired) electrons. The number of fused-ring (bicyclic) bond motifs is 1.